The van der Waals surface area contributed by atoms with Gasteiger partial charge in [-0.2, -0.15) is 22.0 Å². The molecule has 9 heteroatoms. The highest BCUT2D eigenvalue weighted by Crippen LogP contribution is 2.36. The molecule has 0 saturated carbocycles. The van der Waals surface area contributed by atoms with Crippen LogP contribution in [0.2, 0.25) is 0 Å². The average molecular weight is 469 g/mol. The van der Waals surface area contributed by atoms with E-state index in [-0.39, 0.29) is 12.5 Å². The first-order valence-electron chi connectivity index (χ1n) is 10.3. The molecule has 0 bridgehead atoms. The summed E-state index contributed by atoms with van der Waals surface area (Å²) in [6.07, 6.45) is -6.38. The molecule has 1 fully saturated rings. The van der Waals surface area contributed by atoms with Gasteiger partial charge in [-0.15, -0.1) is 0 Å². The van der Waals surface area contributed by atoms with Gasteiger partial charge in [-0.05, 0) is 54.8 Å². The fourth-order valence-electron chi connectivity index (χ4n) is 3.91. The number of hydrogen-bond donors (Lipinski definition) is 0. The third-order valence-corrected chi connectivity index (χ3v) is 5.74. The lowest BCUT2D eigenvalue weighted by molar-refractivity contribution is -0.203. The zero-order valence-corrected chi connectivity index (χ0v) is 17.9. The number of nitrogens with zero attached hydrogens (tertiary/aromatic N) is 1. The standard InChI is InChI=1S/C24H24F5NO3/c1-3-23(25,26)33-15-21-13-8-18(16-4-9-19(10-5-16)24(27,28)29)14-30(21)20-11-6-17(7-12-20)22(31)32-2/h3-7,9-12,18,21H,1,8,13-15H2,2H3. The van der Waals surface area contributed by atoms with Crippen molar-refractivity contribution in [3.05, 3.63) is 77.9 Å². The summed E-state index contributed by atoms with van der Waals surface area (Å²) in [6.45, 7) is 3.19. The normalized spacial score (nSPS) is 19.3. The molecule has 0 spiro atoms. The number of rotatable bonds is 7. The summed E-state index contributed by atoms with van der Waals surface area (Å²) in [5, 5.41) is 0. The van der Waals surface area contributed by atoms with Gasteiger partial charge in [-0.1, -0.05) is 18.7 Å². The van der Waals surface area contributed by atoms with Crippen molar-refractivity contribution in [1.29, 1.82) is 0 Å². The van der Waals surface area contributed by atoms with Crippen LogP contribution < -0.4 is 4.90 Å². The molecule has 2 aromatic carbocycles. The van der Waals surface area contributed by atoms with Crippen molar-refractivity contribution in [2.75, 3.05) is 25.2 Å². The Morgan fingerprint density at radius 3 is 2.24 bits per heavy atom. The maximum atomic E-state index is 13.6. The van der Waals surface area contributed by atoms with E-state index < -0.39 is 29.9 Å². The molecule has 33 heavy (non-hydrogen) atoms. The predicted octanol–water partition coefficient (Wildman–Crippen LogP) is 6.04. The second-order valence-corrected chi connectivity index (χ2v) is 7.82. The largest absolute Gasteiger partial charge is 0.465 e. The number of anilines is 1. The number of esters is 1. The molecule has 1 heterocycles. The molecule has 3 rings (SSSR count). The van der Waals surface area contributed by atoms with Gasteiger partial charge in [-0.25, -0.2) is 4.79 Å². The molecule has 2 aromatic rings. The monoisotopic (exact) mass is 469 g/mol. The van der Waals surface area contributed by atoms with Crippen molar-refractivity contribution in [3.63, 3.8) is 0 Å². The first-order chi connectivity index (χ1) is 15.5. The Morgan fingerprint density at radius 2 is 1.70 bits per heavy atom. The highest BCUT2D eigenvalue weighted by atomic mass is 19.4. The summed E-state index contributed by atoms with van der Waals surface area (Å²) in [7, 11) is 1.27. The third kappa shape index (κ3) is 6.10. The Labute approximate surface area is 188 Å². The van der Waals surface area contributed by atoms with Gasteiger partial charge in [0.1, 0.15) is 0 Å². The maximum absolute atomic E-state index is 13.6. The van der Waals surface area contributed by atoms with E-state index in [1.165, 1.54) is 19.2 Å². The minimum Gasteiger partial charge on any atom is -0.465 e. The lowest BCUT2D eigenvalue weighted by atomic mass is 9.86. The van der Waals surface area contributed by atoms with Gasteiger partial charge in [0, 0.05) is 24.2 Å². The molecule has 1 saturated heterocycles. The van der Waals surface area contributed by atoms with Crippen LogP contribution in [0.25, 0.3) is 0 Å². The Balaban J connectivity index is 1.84. The summed E-state index contributed by atoms with van der Waals surface area (Å²) in [5.74, 6) is -0.614. The molecule has 0 radical (unpaired) electrons. The molecular weight excluding hydrogens is 445 g/mol. The van der Waals surface area contributed by atoms with Crippen LogP contribution in [0.3, 0.4) is 0 Å². The second-order valence-electron chi connectivity index (χ2n) is 7.82. The van der Waals surface area contributed by atoms with Crippen LogP contribution in [0.5, 0.6) is 0 Å². The van der Waals surface area contributed by atoms with Crippen LogP contribution >= 0.6 is 0 Å². The molecule has 0 aliphatic carbocycles. The minimum absolute atomic E-state index is 0.108. The summed E-state index contributed by atoms with van der Waals surface area (Å²) < 4.78 is 75.3. The maximum Gasteiger partial charge on any atom is 0.416 e. The lowest BCUT2D eigenvalue weighted by Crippen LogP contribution is -2.46. The van der Waals surface area contributed by atoms with Crippen molar-refractivity contribution in [1.82, 2.24) is 0 Å². The highest BCUT2D eigenvalue weighted by Gasteiger charge is 2.34. The number of hydrogen-bond acceptors (Lipinski definition) is 4. The van der Waals surface area contributed by atoms with Crippen molar-refractivity contribution >= 4 is 11.7 Å². The number of methoxy groups -OCH3 is 1. The van der Waals surface area contributed by atoms with Gasteiger partial charge < -0.3 is 14.4 Å². The van der Waals surface area contributed by atoms with Crippen LogP contribution in [0.4, 0.5) is 27.6 Å². The quantitative estimate of drug-likeness (QED) is 0.282. The van der Waals surface area contributed by atoms with Crippen molar-refractivity contribution in [2.45, 2.75) is 37.1 Å². The molecule has 4 nitrogen and oxygen atoms in total. The van der Waals surface area contributed by atoms with E-state index in [1.807, 2.05) is 4.90 Å². The minimum atomic E-state index is -4.42. The van der Waals surface area contributed by atoms with Crippen molar-refractivity contribution in [2.24, 2.45) is 0 Å². The Hall–Kier alpha value is -2.94. The summed E-state index contributed by atoms with van der Waals surface area (Å²) in [4.78, 5) is 13.6. The van der Waals surface area contributed by atoms with Crippen LogP contribution in [0.15, 0.2) is 61.2 Å². The Bertz CT molecular complexity index is 958. The average Bonchev–Trinajstić information content (AvgIpc) is 2.82. The van der Waals surface area contributed by atoms with Gasteiger partial charge >= 0.3 is 18.3 Å². The molecule has 0 amide bonds. The van der Waals surface area contributed by atoms with E-state index in [4.69, 9.17) is 9.47 Å². The van der Waals surface area contributed by atoms with Crippen molar-refractivity contribution in [3.8, 4) is 0 Å². The third-order valence-electron chi connectivity index (χ3n) is 5.74. The molecule has 178 valence electrons. The first-order valence-corrected chi connectivity index (χ1v) is 10.3. The molecule has 2 atom stereocenters. The summed E-state index contributed by atoms with van der Waals surface area (Å²) >= 11 is 0. The number of carbonyl (C=O) groups is 1. The predicted molar refractivity (Wildman–Crippen MR) is 113 cm³/mol. The molecule has 1 aliphatic rings. The zero-order chi connectivity index (χ0) is 24.2. The van der Waals surface area contributed by atoms with E-state index in [0.29, 0.717) is 36.7 Å². The van der Waals surface area contributed by atoms with Crippen LogP contribution in [0, 0.1) is 0 Å². The Kier molecular flexibility index (Phi) is 7.41. The van der Waals surface area contributed by atoms with E-state index in [1.54, 1.807) is 24.3 Å². The van der Waals surface area contributed by atoms with E-state index in [0.717, 1.165) is 17.7 Å². The SMILES string of the molecule is C=CC(F)(F)OCC1CCC(c2ccc(C(F)(F)F)cc2)CN1c1ccc(C(=O)OC)cc1. The number of piperidine rings is 1. The highest BCUT2D eigenvalue weighted by molar-refractivity contribution is 5.89. The van der Waals surface area contributed by atoms with Gasteiger partial charge in [0.15, 0.2) is 0 Å². The fourth-order valence-corrected chi connectivity index (χ4v) is 3.91. The summed E-state index contributed by atoms with van der Waals surface area (Å²) in [5.41, 5.74) is 1.02. The molecule has 0 N–H and O–H groups in total. The number of halogens is 5. The van der Waals surface area contributed by atoms with Crippen molar-refractivity contribution < 1.29 is 36.2 Å². The molecular formula is C24H24F5NO3. The van der Waals surface area contributed by atoms with E-state index in [2.05, 4.69) is 6.58 Å². The first kappa shape index (κ1) is 24.7. The number of benzene rings is 2. The van der Waals surface area contributed by atoms with Gasteiger partial charge in [-0.3, -0.25) is 0 Å². The van der Waals surface area contributed by atoms with Gasteiger partial charge in [0.2, 0.25) is 0 Å². The van der Waals surface area contributed by atoms with Gasteiger partial charge in [0.25, 0.3) is 0 Å². The van der Waals surface area contributed by atoms with E-state index in [9.17, 15) is 26.7 Å². The molecule has 0 aromatic heterocycles. The number of carbonyl (C=O) groups excluding carboxylic acids is 1. The second kappa shape index (κ2) is 9.91. The molecule has 2 unspecified atom stereocenters. The number of ether oxygens (including phenoxy) is 2. The smallest absolute Gasteiger partial charge is 0.416 e. The van der Waals surface area contributed by atoms with Crippen LogP contribution in [0.1, 0.15) is 40.2 Å². The lowest BCUT2D eigenvalue weighted by Gasteiger charge is -2.41. The molecule has 1 aliphatic heterocycles. The number of alkyl halides is 5. The van der Waals surface area contributed by atoms with Crippen LogP contribution in [-0.2, 0) is 15.7 Å². The fraction of sp³-hybridized carbons (Fsp3) is 0.375. The van der Waals surface area contributed by atoms with Crippen LogP contribution in [-0.4, -0.2) is 38.4 Å². The topological polar surface area (TPSA) is 38.8 Å². The van der Waals surface area contributed by atoms with Gasteiger partial charge in [0.05, 0.1) is 30.9 Å². The Morgan fingerprint density at radius 1 is 1.06 bits per heavy atom. The zero-order valence-electron chi connectivity index (χ0n) is 17.9. The summed E-state index contributed by atoms with van der Waals surface area (Å²) in [6, 6.07) is 11.1. The van der Waals surface area contributed by atoms with E-state index >= 15 is 0 Å².